The molecule has 1 atom stereocenters. The number of nitrogens with zero attached hydrogens (tertiary/aromatic N) is 2. The van der Waals surface area contributed by atoms with Gasteiger partial charge < -0.3 is 5.73 Å². The Morgan fingerprint density at radius 3 is 2.40 bits per heavy atom. The van der Waals surface area contributed by atoms with Crippen LogP contribution in [0.25, 0.3) is 10.6 Å². The number of carbonyl (C=O) groups is 1. The fraction of sp³-hybridized carbons (Fsp3) is 0.400. The number of rotatable bonds is 6. The van der Waals surface area contributed by atoms with Crippen molar-refractivity contribution in [3.63, 3.8) is 0 Å². The molecule has 0 spiro atoms. The predicted octanol–water partition coefficient (Wildman–Crippen LogP) is 1.94. The maximum atomic E-state index is 12.0. The zero-order chi connectivity index (χ0) is 17.9. The molecule has 0 bridgehead atoms. The Kier molecular flexibility index (Phi) is 7.48. The molecule has 0 aliphatic rings. The van der Waals surface area contributed by atoms with Crippen LogP contribution >= 0.6 is 23.7 Å². The number of amides is 1. The lowest BCUT2D eigenvalue weighted by atomic mass is 10.1. The van der Waals surface area contributed by atoms with E-state index in [1.165, 1.54) is 11.3 Å². The smallest absolute Gasteiger partial charge is 0.243 e. The molecule has 7 nitrogen and oxygen atoms in total. The number of nitrogens with two attached hydrogens (primary N) is 1. The highest BCUT2D eigenvalue weighted by atomic mass is 35.5. The fourth-order valence-electron chi connectivity index (χ4n) is 2.16. The first-order valence-electron chi connectivity index (χ1n) is 7.30. The van der Waals surface area contributed by atoms with Crippen LogP contribution in [-0.2, 0) is 14.6 Å². The van der Waals surface area contributed by atoms with Gasteiger partial charge in [-0.15, -0.1) is 22.6 Å². The Morgan fingerprint density at radius 1 is 1.24 bits per heavy atom. The van der Waals surface area contributed by atoms with Gasteiger partial charge in [0.15, 0.2) is 0 Å². The van der Waals surface area contributed by atoms with Crippen LogP contribution < -0.4 is 11.1 Å². The van der Waals surface area contributed by atoms with E-state index in [2.05, 4.69) is 21.6 Å². The van der Waals surface area contributed by atoms with E-state index in [1.54, 1.807) is 0 Å². The van der Waals surface area contributed by atoms with Crippen LogP contribution in [0.5, 0.6) is 0 Å². The molecule has 1 aromatic carbocycles. The second-order valence-corrected chi connectivity index (χ2v) is 9.04. The molecule has 1 aromatic heterocycles. The molecule has 1 amide bonds. The Hall–Kier alpha value is -1.55. The monoisotopic (exact) mass is 404 g/mol. The molecule has 3 N–H and O–H groups in total. The molecule has 2 aromatic rings. The number of benzene rings is 1. The Bertz CT molecular complexity index is 832. The first-order chi connectivity index (χ1) is 11.1. The van der Waals surface area contributed by atoms with Crippen molar-refractivity contribution < 1.29 is 13.2 Å². The van der Waals surface area contributed by atoms with Crippen molar-refractivity contribution >= 4 is 44.6 Å². The van der Waals surface area contributed by atoms with Crippen LogP contribution in [0.3, 0.4) is 0 Å². The van der Waals surface area contributed by atoms with E-state index in [0.29, 0.717) is 10.1 Å². The third-order valence-electron chi connectivity index (χ3n) is 3.26. The standard InChI is InChI=1S/C15H20N4O3S2.ClH/c1-9-6-10(2)8-11(7-9)14-18-19-15(23-14)17-13(20)12(16)4-5-24(3,21)22;/h6-8,12H,4-5,16H2,1-3H3,(H,17,19,20);1H. The van der Waals surface area contributed by atoms with Crippen LogP contribution in [-0.4, -0.2) is 42.6 Å². The minimum absolute atomic E-state index is 0. The van der Waals surface area contributed by atoms with Crippen LogP contribution in [0.4, 0.5) is 5.13 Å². The summed E-state index contributed by atoms with van der Waals surface area (Å²) in [4.78, 5) is 12.0. The van der Waals surface area contributed by atoms with Crippen molar-refractivity contribution in [3.8, 4) is 10.6 Å². The van der Waals surface area contributed by atoms with Gasteiger partial charge in [-0.05, 0) is 32.4 Å². The summed E-state index contributed by atoms with van der Waals surface area (Å²) in [6.45, 7) is 4.00. The number of halogens is 1. The topological polar surface area (TPSA) is 115 Å². The predicted molar refractivity (Wildman–Crippen MR) is 103 cm³/mol. The minimum Gasteiger partial charge on any atom is -0.320 e. The summed E-state index contributed by atoms with van der Waals surface area (Å²) >= 11 is 1.24. The molecule has 2 rings (SSSR count). The summed E-state index contributed by atoms with van der Waals surface area (Å²) in [6, 6.07) is 5.15. The third-order valence-corrected chi connectivity index (χ3v) is 5.13. The molecule has 0 aliphatic heterocycles. The molecular weight excluding hydrogens is 384 g/mol. The zero-order valence-corrected chi connectivity index (χ0v) is 16.6. The van der Waals surface area contributed by atoms with Gasteiger partial charge in [-0.25, -0.2) is 8.42 Å². The van der Waals surface area contributed by atoms with Crippen LogP contribution in [0.2, 0.25) is 0 Å². The lowest BCUT2D eigenvalue weighted by Gasteiger charge is -2.09. The zero-order valence-electron chi connectivity index (χ0n) is 14.1. The molecule has 0 aliphatic carbocycles. The molecule has 0 saturated carbocycles. The molecule has 10 heteroatoms. The van der Waals surface area contributed by atoms with Gasteiger partial charge >= 0.3 is 0 Å². The fourth-order valence-corrected chi connectivity index (χ4v) is 3.57. The summed E-state index contributed by atoms with van der Waals surface area (Å²) in [5.74, 6) is -0.604. The molecule has 1 heterocycles. The molecule has 0 saturated heterocycles. The van der Waals surface area contributed by atoms with Gasteiger partial charge in [-0.2, -0.15) is 0 Å². The van der Waals surface area contributed by atoms with Crippen molar-refractivity contribution in [3.05, 3.63) is 29.3 Å². The molecular formula is C15H21ClN4O3S2. The molecule has 0 radical (unpaired) electrons. The number of carbonyl (C=O) groups excluding carboxylic acids is 1. The van der Waals surface area contributed by atoms with Crippen molar-refractivity contribution in [2.24, 2.45) is 5.73 Å². The van der Waals surface area contributed by atoms with Gasteiger partial charge in [0.05, 0.1) is 11.8 Å². The SMILES string of the molecule is Cc1cc(C)cc(-c2nnc(NC(=O)C(N)CCS(C)(=O)=O)s2)c1.Cl. The molecule has 138 valence electrons. The maximum Gasteiger partial charge on any atom is 0.243 e. The van der Waals surface area contributed by atoms with Crippen molar-refractivity contribution in [2.75, 3.05) is 17.3 Å². The molecule has 0 fully saturated rings. The Morgan fingerprint density at radius 2 is 1.84 bits per heavy atom. The van der Waals surface area contributed by atoms with E-state index in [0.717, 1.165) is 22.9 Å². The third kappa shape index (κ3) is 6.69. The highest BCUT2D eigenvalue weighted by molar-refractivity contribution is 7.90. The number of sulfone groups is 1. The first-order valence-corrected chi connectivity index (χ1v) is 10.2. The second-order valence-electron chi connectivity index (χ2n) is 5.80. The van der Waals surface area contributed by atoms with Crippen LogP contribution in [0.15, 0.2) is 18.2 Å². The summed E-state index contributed by atoms with van der Waals surface area (Å²) in [6.07, 6.45) is 1.17. The minimum atomic E-state index is -3.15. The van der Waals surface area contributed by atoms with Crippen LogP contribution in [0.1, 0.15) is 17.5 Å². The van der Waals surface area contributed by atoms with Gasteiger partial charge in [0, 0.05) is 11.8 Å². The van der Waals surface area contributed by atoms with E-state index in [-0.39, 0.29) is 24.6 Å². The first kappa shape index (κ1) is 21.5. The van der Waals surface area contributed by atoms with Crippen molar-refractivity contribution in [1.29, 1.82) is 0 Å². The van der Waals surface area contributed by atoms with Gasteiger partial charge in [-0.1, -0.05) is 28.5 Å². The quantitative estimate of drug-likeness (QED) is 0.760. The summed E-state index contributed by atoms with van der Waals surface area (Å²) in [5, 5.41) is 11.6. The number of hydrogen-bond donors (Lipinski definition) is 2. The highest BCUT2D eigenvalue weighted by Crippen LogP contribution is 2.27. The number of anilines is 1. The van der Waals surface area contributed by atoms with E-state index < -0.39 is 21.8 Å². The van der Waals surface area contributed by atoms with Crippen molar-refractivity contribution in [2.45, 2.75) is 26.3 Å². The van der Waals surface area contributed by atoms with E-state index in [9.17, 15) is 13.2 Å². The van der Waals surface area contributed by atoms with E-state index in [4.69, 9.17) is 5.73 Å². The Labute approximate surface area is 157 Å². The Balaban J connectivity index is 0.00000312. The number of hydrogen-bond acceptors (Lipinski definition) is 7. The summed E-state index contributed by atoms with van der Waals surface area (Å²) in [7, 11) is -3.15. The normalized spacial score (nSPS) is 12.3. The molecule has 25 heavy (non-hydrogen) atoms. The largest absolute Gasteiger partial charge is 0.320 e. The van der Waals surface area contributed by atoms with Gasteiger partial charge in [0.2, 0.25) is 11.0 Å². The van der Waals surface area contributed by atoms with E-state index in [1.807, 2.05) is 26.0 Å². The second kappa shape index (κ2) is 8.70. The number of aromatic nitrogens is 2. The van der Waals surface area contributed by atoms with E-state index >= 15 is 0 Å². The lowest BCUT2D eigenvalue weighted by molar-refractivity contribution is -0.117. The molecule has 1 unspecified atom stereocenters. The van der Waals surface area contributed by atoms with Crippen LogP contribution in [0, 0.1) is 13.8 Å². The summed E-state index contributed by atoms with van der Waals surface area (Å²) < 4.78 is 22.2. The van der Waals surface area contributed by atoms with Gasteiger partial charge in [-0.3, -0.25) is 10.1 Å². The van der Waals surface area contributed by atoms with Gasteiger partial charge in [0.1, 0.15) is 14.8 Å². The average Bonchev–Trinajstić information content (AvgIpc) is 2.91. The highest BCUT2D eigenvalue weighted by Gasteiger charge is 2.18. The number of aryl methyl sites for hydroxylation is 2. The average molecular weight is 405 g/mol. The maximum absolute atomic E-state index is 12.0. The van der Waals surface area contributed by atoms with Gasteiger partial charge in [0.25, 0.3) is 0 Å². The summed E-state index contributed by atoms with van der Waals surface area (Å²) in [5.41, 5.74) is 8.88. The van der Waals surface area contributed by atoms with Crippen molar-refractivity contribution in [1.82, 2.24) is 10.2 Å². The lowest BCUT2D eigenvalue weighted by Crippen LogP contribution is -2.37. The number of nitrogens with one attached hydrogen (secondary N) is 1.